The summed E-state index contributed by atoms with van der Waals surface area (Å²) in [6.07, 6.45) is 6.87. The molecule has 8 nitrogen and oxygen atoms in total. The van der Waals surface area contributed by atoms with Gasteiger partial charge in [-0.3, -0.25) is 0 Å². The second-order valence-electron chi connectivity index (χ2n) is 16.5. The van der Waals surface area contributed by atoms with Crippen molar-refractivity contribution >= 4 is 78.8 Å². The molecule has 4 aromatic carbocycles. The van der Waals surface area contributed by atoms with Crippen LogP contribution >= 0.6 is 31.9 Å². The Morgan fingerprint density at radius 3 is 1.71 bits per heavy atom. The summed E-state index contributed by atoms with van der Waals surface area (Å²) in [5.41, 5.74) is 11.2. The Morgan fingerprint density at radius 1 is 0.696 bits per heavy atom. The predicted octanol–water partition coefficient (Wildman–Crippen LogP) is 8.17. The Hall–Kier alpha value is -3.19. The van der Waals surface area contributed by atoms with Gasteiger partial charge in [0.05, 0.1) is 11.2 Å². The van der Waals surface area contributed by atoms with Crippen LogP contribution in [0, 0.1) is 0 Å². The zero-order valence-corrected chi connectivity index (χ0v) is 35.7. The molecule has 1 aliphatic heterocycles. The minimum absolute atomic E-state index is 0.289. The van der Waals surface area contributed by atoms with Crippen LogP contribution in [0.3, 0.4) is 0 Å². The van der Waals surface area contributed by atoms with Gasteiger partial charge in [-0.1, -0.05) is 80.4 Å². The van der Waals surface area contributed by atoms with E-state index in [0.717, 1.165) is 52.2 Å². The summed E-state index contributed by atoms with van der Waals surface area (Å²) in [6.45, 7) is 9.89. The Bertz CT molecular complexity index is 2340. The van der Waals surface area contributed by atoms with Crippen LogP contribution in [0.1, 0.15) is 99.1 Å². The fourth-order valence-corrected chi connectivity index (χ4v) is 9.17. The van der Waals surface area contributed by atoms with Crippen molar-refractivity contribution in [3.05, 3.63) is 128 Å². The first kappa shape index (κ1) is 39.6. The van der Waals surface area contributed by atoms with E-state index < -0.39 is 7.12 Å². The molecule has 56 heavy (non-hydrogen) atoms. The summed E-state index contributed by atoms with van der Waals surface area (Å²) in [5, 5.41) is 28.7. The maximum absolute atomic E-state index is 9.32. The first-order valence-corrected chi connectivity index (χ1v) is 21.4. The largest absolute Gasteiger partial charge is 0.494 e. The van der Waals surface area contributed by atoms with Gasteiger partial charge < -0.3 is 40.0 Å². The fourth-order valence-electron chi connectivity index (χ4n) is 8.45. The monoisotopic (exact) mass is 878 g/mol. The first-order valence-electron chi connectivity index (χ1n) is 19.8. The van der Waals surface area contributed by atoms with Crippen molar-refractivity contribution < 1.29 is 19.4 Å². The maximum atomic E-state index is 9.32. The molecular formula is C44H50B2Br2N4O4. The number of nitrogens with one attached hydrogen (secondary N) is 4. The van der Waals surface area contributed by atoms with E-state index in [9.17, 15) is 10.0 Å². The normalized spacial score (nSPS) is 19.8. The number of aromatic amines is 2. The van der Waals surface area contributed by atoms with E-state index in [1.54, 1.807) is 6.07 Å². The maximum Gasteiger partial charge on any atom is 0.494 e. The van der Waals surface area contributed by atoms with E-state index in [4.69, 9.17) is 9.31 Å². The molecule has 2 aliphatic carbocycles. The highest BCUT2D eigenvalue weighted by atomic mass is 79.9. The number of aryl methyl sites for hydroxylation is 2. The van der Waals surface area contributed by atoms with Crippen molar-refractivity contribution in [3.63, 3.8) is 0 Å². The van der Waals surface area contributed by atoms with Gasteiger partial charge in [0, 0.05) is 67.3 Å². The third-order valence-electron chi connectivity index (χ3n) is 12.2. The minimum Gasteiger partial charge on any atom is -0.423 e. The van der Waals surface area contributed by atoms with Crippen molar-refractivity contribution in [3.8, 4) is 0 Å². The minimum atomic E-state index is -1.42. The van der Waals surface area contributed by atoms with Crippen molar-refractivity contribution in [2.24, 2.45) is 0 Å². The SMILES string of the molecule is CC1(C)OB(c2cccc(CN[C@@H]3CCCc4c3[nH]c3ccc(Br)cc43)c2)OC1(C)C.OB(O)c1cccc(CN[C@@H]2CCCc3c2[nH]c2ccc(Br)cc32)c1. The average Bonchev–Trinajstić information content (AvgIpc) is 3.81. The van der Waals surface area contributed by atoms with E-state index in [2.05, 4.69) is 141 Å². The Morgan fingerprint density at radius 2 is 1.20 bits per heavy atom. The molecular weight excluding hydrogens is 830 g/mol. The summed E-state index contributed by atoms with van der Waals surface area (Å²) in [7, 11) is -1.74. The van der Waals surface area contributed by atoms with E-state index >= 15 is 0 Å². The number of aromatic nitrogens is 2. The summed E-state index contributed by atoms with van der Waals surface area (Å²) in [4.78, 5) is 7.28. The highest BCUT2D eigenvalue weighted by Gasteiger charge is 2.51. The lowest BCUT2D eigenvalue weighted by atomic mass is 9.78. The van der Waals surface area contributed by atoms with Crippen molar-refractivity contribution in [1.82, 2.24) is 20.6 Å². The van der Waals surface area contributed by atoms with Crippen LogP contribution in [0.2, 0.25) is 0 Å². The lowest BCUT2D eigenvalue weighted by Crippen LogP contribution is -2.41. The molecule has 2 atom stereocenters. The molecule has 290 valence electrons. The number of hydrogen-bond acceptors (Lipinski definition) is 6. The summed E-state index contributed by atoms with van der Waals surface area (Å²) in [6, 6.07) is 29.5. The number of fused-ring (bicyclic) bond motifs is 6. The van der Waals surface area contributed by atoms with E-state index in [0.29, 0.717) is 18.0 Å². The Balaban J connectivity index is 0.000000161. The molecule has 0 spiro atoms. The zero-order chi connectivity index (χ0) is 39.2. The lowest BCUT2D eigenvalue weighted by molar-refractivity contribution is 0.00578. The molecule has 3 heterocycles. The van der Waals surface area contributed by atoms with Gasteiger partial charge in [-0.2, -0.15) is 0 Å². The molecule has 3 aliphatic rings. The van der Waals surface area contributed by atoms with Crippen molar-refractivity contribution in [2.45, 2.75) is 103 Å². The van der Waals surface area contributed by atoms with Gasteiger partial charge in [0.25, 0.3) is 0 Å². The standard InChI is InChI=1S/C25H30BBrN2O2.C19H20BBrN2O2/c1-24(2)25(3,4)31-26(30-24)17-8-5-7-16(13-17)15-28-22-10-6-9-19-20-14-18(27)11-12-21(20)29-23(19)22;21-14-7-8-17-16(10-14)15-5-2-6-18(19(15)23-17)22-11-12-3-1-4-13(9-12)20(24)25/h5,7-8,11-14,22,28-29H,6,9-10,15H2,1-4H3;1,3-4,7-10,18,22-25H,2,5-6,11H2/t22-;18-/m11/s1. The molecule has 0 saturated carbocycles. The summed E-state index contributed by atoms with van der Waals surface area (Å²) < 4.78 is 14.7. The highest BCUT2D eigenvalue weighted by molar-refractivity contribution is 9.10. The quantitative estimate of drug-likeness (QED) is 0.0861. The molecule has 0 bridgehead atoms. The Kier molecular flexibility index (Phi) is 11.5. The topological polar surface area (TPSA) is 115 Å². The molecule has 12 heteroatoms. The summed E-state index contributed by atoms with van der Waals surface area (Å²) >= 11 is 7.19. The number of benzene rings is 4. The van der Waals surface area contributed by atoms with Crippen LogP contribution in [0.4, 0.5) is 0 Å². The van der Waals surface area contributed by atoms with E-state index in [-0.39, 0.29) is 24.4 Å². The van der Waals surface area contributed by atoms with Gasteiger partial charge in [-0.05, 0) is 136 Å². The molecule has 6 aromatic rings. The third kappa shape index (κ3) is 8.22. The van der Waals surface area contributed by atoms with Gasteiger partial charge in [-0.25, -0.2) is 0 Å². The molecule has 2 aromatic heterocycles. The predicted molar refractivity (Wildman–Crippen MR) is 235 cm³/mol. The van der Waals surface area contributed by atoms with Gasteiger partial charge in [0.15, 0.2) is 0 Å². The number of H-pyrrole nitrogens is 2. The van der Waals surface area contributed by atoms with Crippen LogP contribution in [-0.2, 0) is 35.2 Å². The van der Waals surface area contributed by atoms with Crippen molar-refractivity contribution in [2.75, 3.05) is 0 Å². The molecule has 0 radical (unpaired) electrons. The van der Waals surface area contributed by atoms with Crippen LogP contribution in [0.5, 0.6) is 0 Å². The number of halogens is 2. The second kappa shape index (κ2) is 16.2. The average molecular weight is 880 g/mol. The third-order valence-corrected chi connectivity index (χ3v) is 13.2. The summed E-state index contributed by atoms with van der Waals surface area (Å²) in [5.74, 6) is 0. The van der Waals surface area contributed by atoms with Crippen LogP contribution in [0.15, 0.2) is 93.9 Å². The molecule has 0 unspecified atom stereocenters. The lowest BCUT2D eigenvalue weighted by Gasteiger charge is -2.32. The number of hydrogen-bond donors (Lipinski definition) is 6. The van der Waals surface area contributed by atoms with Crippen LogP contribution in [-0.4, -0.2) is 45.5 Å². The van der Waals surface area contributed by atoms with Gasteiger partial charge >= 0.3 is 14.2 Å². The van der Waals surface area contributed by atoms with Gasteiger partial charge in [0.2, 0.25) is 0 Å². The fraction of sp³-hybridized carbons (Fsp3) is 0.364. The van der Waals surface area contributed by atoms with E-state index in [1.165, 1.54) is 62.7 Å². The van der Waals surface area contributed by atoms with Gasteiger partial charge in [0.1, 0.15) is 0 Å². The van der Waals surface area contributed by atoms with E-state index in [1.807, 2.05) is 18.2 Å². The zero-order valence-electron chi connectivity index (χ0n) is 32.5. The van der Waals surface area contributed by atoms with Crippen molar-refractivity contribution in [1.29, 1.82) is 0 Å². The molecule has 6 N–H and O–H groups in total. The molecule has 1 fully saturated rings. The van der Waals surface area contributed by atoms with Crippen LogP contribution < -0.4 is 21.6 Å². The Labute approximate surface area is 347 Å². The van der Waals surface area contributed by atoms with Crippen LogP contribution in [0.25, 0.3) is 21.8 Å². The second-order valence-corrected chi connectivity index (χ2v) is 18.3. The molecule has 0 amide bonds. The highest BCUT2D eigenvalue weighted by Crippen LogP contribution is 2.38. The molecule has 9 rings (SSSR count). The smallest absolute Gasteiger partial charge is 0.423 e. The molecule has 1 saturated heterocycles. The first-order chi connectivity index (χ1) is 26.8. The van der Waals surface area contributed by atoms with Gasteiger partial charge in [-0.15, -0.1) is 0 Å². The number of rotatable bonds is 8.